The summed E-state index contributed by atoms with van der Waals surface area (Å²) in [5.41, 5.74) is 4.81. The van der Waals surface area contributed by atoms with Crippen molar-refractivity contribution in [1.82, 2.24) is 9.66 Å². The summed E-state index contributed by atoms with van der Waals surface area (Å²) in [5.74, 6) is -0.0753. The van der Waals surface area contributed by atoms with Crippen LogP contribution in [0.25, 0.3) is 22.3 Å². The monoisotopic (exact) mass is 389 g/mol. The quantitative estimate of drug-likeness (QED) is 0.564. The molecule has 0 spiro atoms. The Balaban J connectivity index is 1.92. The van der Waals surface area contributed by atoms with E-state index in [2.05, 4.69) is 10.4 Å². The predicted molar refractivity (Wildman–Crippen MR) is 111 cm³/mol. The normalized spacial score (nSPS) is 10.8. The first-order valence-corrected chi connectivity index (χ1v) is 9.07. The van der Waals surface area contributed by atoms with Gasteiger partial charge in [0.25, 0.3) is 11.5 Å². The highest BCUT2D eigenvalue weighted by Gasteiger charge is 2.16. The summed E-state index contributed by atoms with van der Waals surface area (Å²) >= 11 is 6.13. The van der Waals surface area contributed by atoms with Gasteiger partial charge in [-0.15, -0.1) is 0 Å². The molecule has 0 saturated carbocycles. The molecule has 0 aliphatic rings. The number of hydrogen-bond donors (Lipinski definition) is 1. The van der Waals surface area contributed by atoms with Crippen LogP contribution < -0.4 is 11.0 Å². The molecule has 3 aromatic carbocycles. The molecular formula is C22H16ClN3O2. The minimum absolute atomic E-state index is 0.313. The van der Waals surface area contributed by atoms with Gasteiger partial charge in [0, 0.05) is 16.1 Å². The van der Waals surface area contributed by atoms with Gasteiger partial charge in [-0.1, -0.05) is 54.1 Å². The molecule has 0 aliphatic heterocycles. The second kappa shape index (κ2) is 7.29. The van der Waals surface area contributed by atoms with Crippen molar-refractivity contribution in [2.45, 2.75) is 6.92 Å². The standard InChI is InChI=1S/C22H16ClN3O2/c1-14-7-2-3-10-17(14)21(27)25-26-20(15-8-6-9-16(23)13-15)24-19-12-5-4-11-18(19)22(26)28/h2-13H,1H3,(H,25,27). The van der Waals surface area contributed by atoms with Crippen LogP contribution >= 0.6 is 11.6 Å². The lowest BCUT2D eigenvalue weighted by Crippen LogP contribution is -2.35. The van der Waals surface area contributed by atoms with Gasteiger partial charge in [0.2, 0.25) is 0 Å². The van der Waals surface area contributed by atoms with Crippen molar-refractivity contribution in [1.29, 1.82) is 0 Å². The van der Waals surface area contributed by atoms with E-state index in [0.717, 1.165) is 5.56 Å². The maximum atomic E-state index is 13.1. The number of benzene rings is 3. The van der Waals surface area contributed by atoms with E-state index in [1.54, 1.807) is 54.6 Å². The number of nitrogens with one attached hydrogen (secondary N) is 1. The lowest BCUT2D eigenvalue weighted by Gasteiger charge is -2.15. The maximum Gasteiger partial charge on any atom is 0.280 e. The highest BCUT2D eigenvalue weighted by atomic mass is 35.5. The van der Waals surface area contributed by atoms with Crippen LogP contribution in [0, 0.1) is 6.92 Å². The van der Waals surface area contributed by atoms with E-state index in [4.69, 9.17) is 11.6 Å². The van der Waals surface area contributed by atoms with Crippen LogP contribution in [0.5, 0.6) is 0 Å². The minimum Gasteiger partial charge on any atom is -0.267 e. The summed E-state index contributed by atoms with van der Waals surface area (Å²) in [4.78, 5) is 30.6. The van der Waals surface area contributed by atoms with Gasteiger partial charge in [0.15, 0.2) is 5.82 Å². The summed E-state index contributed by atoms with van der Waals surface area (Å²) in [6.07, 6.45) is 0. The summed E-state index contributed by atoms with van der Waals surface area (Å²) in [7, 11) is 0. The molecule has 0 unspecified atom stereocenters. The fraction of sp³-hybridized carbons (Fsp3) is 0.0455. The van der Waals surface area contributed by atoms with Crippen molar-refractivity contribution >= 4 is 28.4 Å². The van der Waals surface area contributed by atoms with Gasteiger partial charge in [0.1, 0.15) is 0 Å². The highest BCUT2D eigenvalue weighted by molar-refractivity contribution is 6.30. The molecule has 1 amide bonds. The molecular weight excluding hydrogens is 374 g/mol. The van der Waals surface area contributed by atoms with Crippen molar-refractivity contribution < 1.29 is 4.79 Å². The number of carbonyl (C=O) groups is 1. The smallest absolute Gasteiger partial charge is 0.267 e. The van der Waals surface area contributed by atoms with Crippen LogP contribution in [-0.2, 0) is 0 Å². The minimum atomic E-state index is -0.388. The first-order valence-electron chi connectivity index (χ1n) is 8.69. The molecule has 1 aromatic heterocycles. The predicted octanol–water partition coefficient (Wildman–Crippen LogP) is 4.41. The molecule has 0 atom stereocenters. The van der Waals surface area contributed by atoms with Crippen molar-refractivity contribution in [2.24, 2.45) is 0 Å². The zero-order chi connectivity index (χ0) is 19.7. The van der Waals surface area contributed by atoms with Gasteiger partial charge in [-0.05, 0) is 42.8 Å². The first-order chi connectivity index (χ1) is 13.5. The molecule has 1 N–H and O–H groups in total. The molecule has 4 rings (SSSR count). The Morgan fingerprint density at radius 1 is 1.00 bits per heavy atom. The lowest BCUT2D eigenvalue weighted by molar-refractivity contribution is 0.101. The van der Waals surface area contributed by atoms with Gasteiger partial charge in [-0.25, -0.2) is 4.98 Å². The highest BCUT2D eigenvalue weighted by Crippen LogP contribution is 2.22. The summed E-state index contributed by atoms with van der Waals surface area (Å²) in [5, 5.41) is 0.926. The fourth-order valence-electron chi connectivity index (χ4n) is 3.05. The third-order valence-electron chi connectivity index (χ3n) is 4.46. The molecule has 0 saturated heterocycles. The molecule has 0 radical (unpaired) electrons. The zero-order valence-electron chi connectivity index (χ0n) is 15.0. The Morgan fingerprint density at radius 3 is 2.54 bits per heavy atom. The number of nitrogens with zero attached hydrogens (tertiary/aromatic N) is 2. The van der Waals surface area contributed by atoms with E-state index in [1.165, 1.54) is 4.68 Å². The Bertz CT molecular complexity index is 1260. The molecule has 0 bridgehead atoms. The largest absolute Gasteiger partial charge is 0.280 e. The Morgan fingerprint density at radius 2 is 1.75 bits per heavy atom. The van der Waals surface area contributed by atoms with Crippen LogP contribution in [0.4, 0.5) is 0 Å². The molecule has 5 nitrogen and oxygen atoms in total. The average molecular weight is 390 g/mol. The number of para-hydroxylation sites is 1. The Hall–Kier alpha value is -3.44. The van der Waals surface area contributed by atoms with Gasteiger partial charge in [-0.3, -0.25) is 15.0 Å². The maximum absolute atomic E-state index is 13.1. The molecule has 138 valence electrons. The van der Waals surface area contributed by atoms with Gasteiger partial charge < -0.3 is 0 Å². The van der Waals surface area contributed by atoms with E-state index in [1.807, 2.05) is 25.1 Å². The zero-order valence-corrected chi connectivity index (χ0v) is 15.8. The molecule has 1 heterocycles. The number of aryl methyl sites for hydroxylation is 1. The van der Waals surface area contributed by atoms with Crippen molar-refractivity contribution in [3.05, 3.63) is 99.3 Å². The third-order valence-corrected chi connectivity index (χ3v) is 4.70. The summed E-state index contributed by atoms with van der Waals surface area (Å²) in [6, 6.07) is 21.2. The van der Waals surface area contributed by atoms with Gasteiger partial charge in [0.05, 0.1) is 10.9 Å². The Labute approximate surface area is 166 Å². The molecule has 28 heavy (non-hydrogen) atoms. The van der Waals surface area contributed by atoms with E-state index < -0.39 is 0 Å². The van der Waals surface area contributed by atoms with E-state index >= 15 is 0 Å². The number of fused-ring (bicyclic) bond motifs is 1. The topological polar surface area (TPSA) is 64.0 Å². The number of rotatable bonds is 3. The SMILES string of the molecule is Cc1ccccc1C(=O)Nn1c(-c2cccc(Cl)c2)nc2ccccc2c1=O. The van der Waals surface area contributed by atoms with Crippen molar-refractivity contribution in [2.75, 3.05) is 5.43 Å². The van der Waals surface area contributed by atoms with Crippen LogP contribution in [-0.4, -0.2) is 15.6 Å². The van der Waals surface area contributed by atoms with Gasteiger partial charge in [-0.2, -0.15) is 4.68 Å². The van der Waals surface area contributed by atoms with E-state index in [9.17, 15) is 9.59 Å². The van der Waals surface area contributed by atoms with E-state index in [0.29, 0.717) is 32.9 Å². The molecule has 6 heteroatoms. The third kappa shape index (κ3) is 3.28. The number of halogens is 1. The van der Waals surface area contributed by atoms with Crippen LogP contribution in [0.3, 0.4) is 0 Å². The second-order valence-electron chi connectivity index (χ2n) is 6.36. The first kappa shape index (κ1) is 17.9. The summed E-state index contributed by atoms with van der Waals surface area (Å²) < 4.78 is 1.18. The number of amides is 1. The second-order valence-corrected chi connectivity index (χ2v) is 6.80. The number of aromatic nitrogens is 2. The fourth-order valence-corrected chi connectivity index (χ4v) is 3.24. The molecule has 0 fully saturated rings. The molecule has 0 aliphatic carbocycles. The summed E-state index contributed by atoms with van der Waals surface area (Å²) in [6.45, 7) is 1.84. The average Bonchev–Trinajstić information content (AvgIpc) is 2.70. The molecule has 4 aromatic rings. The lowest BCUT2D eigenvalue weighted by atomic mass is 10.1. The van der Waals surface area contributed by atoms with Crippen LogP contribution in [0.15, 0.2) is 77.6 Å². The van der Waals surface area contributed by atoms with Crippen molar-refractivity contribution in [3.8, 4) is 11.4 Å². The van der Waals surface area contributed by atoms with Crippen LogP contribution in [0.2, 0.25) is 5.02 Å². The van der Waals surface area contributed by atoms with Gasteiger partial charge >= 0.3 is 0 Å². The van der Waals surface area contributed by atoms with Crippen molar-refractivity contribution in [3.63, 3.8) is 0 Å². The van der Waals surface area contributed by atoms with E-state index in [-0.39, 0.29) is 11.5 Å². The Kier molecular flexibility index (Phi) is 4.67. The number of carbonyl (C=O) groups excluding carboxylic acids is 1. The number of hydrogen-bond acceptors (Lipinski definition) is 3. The van der Waals surface area contributed by atoms with Crippen LogP contribution in [0.1, 0.15) is 15.9 Å².